The third-order valence-corrected chi connectivity index (χ3v) is 0. The van der Waals surface area contributed by atoms with E-state index in [1.807, 2.05) is 0 Å². The quantitative estimate of drug-likeness (QED) is 0.402. The Morgan fingerprint density at radius 3 is 1.17 bits per heavy atom. The number of hydrogen-bond acceptors (Lipinski definition) is 0. The first-order valence-electron chi connectivity index (χ1n) is 0. The fourth-order valence-electron chi connectivity index (χ4n) is 0. The summed E-state index contributed by atoms with van der Waals surface area (Å²) in [7, 11) is 0. The molecule has 6 heteroatoms. The minimum Gasteiger partial charge on any atom is -1.00 e. The Morgan fingerprint density at radius 1 is 1.17 bits per heavy atom. The normalized spacial score (nSPS) is 0. The van der Waals surface area contributed by atoms with Crippen LogP contribution in [-0.4, -0.2) is 0 Å². The zero-order valence-electron chi connectivity index (χ0n) is 3.88. The first-order chi connectivity index (χ1) is 0. The molecule has 0 bridgehead atoms. The SMILES string of the molecule is [Co].[H-].[Li+].[Mn].[Mo].[Nb].[Ni]. The maximum atomic E-state index is 0. The van der Waals surface area contributed by atoms with Crippen molar-refractivity contribution in [2.75, 3.05) is 0 Å². The molecule has 0 aliphatic rings. The second-order valence-electron chi connectivity index (χ2n) is 0. The van der Waals surface area contributed by atoms with Crippen molar-refractivity contribution in [2.45, 2.75) is 0 Å². The van der Waals surface area contributed by atoms with Crippen LogP contribution in [0, 0.1) is 0 Å². The van der Waals surface area contributed by atoms with E-state index >= 15 is 0 Å². The Morgan fingerprint density at radius 2 is 1.17 bits per heavy atom. The van der Waals surface area contributed by atoms with E-state index in [1.54, 1.807) is 0 Å². The fraction of sp³-hybridized carbons (Fsp3) is 0. The van der Waals surface area contributed by atoms with Crippen LogP contribution in [0.5, 0.6) is 0 Å². The van der Waals surface area contributed by atoms with Gasteiger partial charge in [0, 0.05) is 93.8 Å². The largest absolute Gasteiger partial charge is 1.00 e. The van der Waals surface area contributed by atoms with Gasteiger partial charge in [-0.25, -0.2) is 0 Å². The molecule has 0 rings (SSSR count). The molecule has 39 valence electrons. The van der Waals surface area contributed by atoms with Crippen molar-refractivity contribution in [1.29, 1.82) is 0 Å². The van der Waals surface area contributed by atoms with Gasteiger partial charge in [-0.15, -0.1) is 0 Å². The van der Waals surface area contributed by atoms with Crippen molar-refractivity contribution >= 4 is 0 Å². The average molecular weight is 369 g/mol. The zero-order valence-corrected chi connectivity index (χ0v) is 10.3. The second kappa shape index (κ2) is 38.7. The van der Waals surface area contributed by atoms with Gasteiger partial charge in [-0.1, -0.05) is 0 Å². The molecule has 0 fully saturated rings. The topological polar surface area (TPSA) is 0 Å². The predicted molar refractivity (Wildman–Crippen MR) is 1.11 cm³/mol. The van der Waals surface area contributed by atoms with Crippen LogP contribution in [0.15, 0.2) is 0 Å². The van der Waals surface area contributed by atoms with Gasteiger partial charge in [0.05, 0.1) is 0 Å². The molecule has 0 heterocycles. The summed E-state index contributed by atoms with van der Waals surface area (Å²) in [5.74, 6) is 0. The molecule has 0 saturated heterocycles. The van der Waals surface area contributed by atoms with Crippen molar-refractivity contribution in [3.63, 3.8) is 0 Å². The van der Waals surface area contributed by atoms with Gasteiger partial charge in [0.25, 0.3) is 0 Å². The molecule has 0 nitrogen and oxygen atoms in total. The Labute approximate surface area is 112 Å². The van der Waals surface area contributed by atoms with Gasteiger partial charge in [0.1, 0.15) is 0 Å². The van der Waals surface area contributed by atoms with E-state index in [0.29, 0.717) is 0 Å². The molecule has 3 radical (unpaired) electrons. The van der Waals surface area contributed by atoms with Crippen molar-refractivity contribution in [3.05, 3.63) is 0 Å². The molecule has 0 atom stereocenters. The maximum absolute atomic E-state index is 0. The average Bonchev–Trinajstić information content (AvgIpc) is 0. The molecule has 0 aromatic rings. The molecule has 0 aromatic heterocycles. The summed E-state index contributed by atoms with van der Waals surface area (Å²) in [4.78, 5) is 0. The van der Waals surface area contributed by atoms with Crippen molar-refractivity contribution in [3.8, 4) is 0 Å². The van der Waals surface area contributed by atoms with E-state index in [0.717, 1.165) is 0 Å². The molecule has 0 aliphatic heterocycles. The summed E-state index contributed by atoms with van der Waals surface area (Å²) in [6.45, 7) is 0. The molecule has 0 unspecified atom stereocenters. The predicted octanol–water partition coefficient (Wildman–Crippen LogP) is -2.90. The Bertz CT molecular complexity index is 19.7. The van der Waals surface area contributed by atoms with Gasteiger partial charge < -0.3 is 1.43 Å². The summed E-state index contributed by atoms with van der Waals surface area (Å²) in [5, 5.41) is 0. The third-order valence-electron chi connectivity index (χ3n) is 0. The summed E-state index contributed by atoms with van der Waals surface area (Å²) in [5.41, 5.74) is 0. The minimum atomic E-state index is 0. The van der Waals surface area contributed by atoms with E-state index < -0.39 is 0 Å². The number of rotatable bonds is 0. The van der Waals surface area contributed by atoms with E-state index in [-0.39, 0.29) is 114 Å². The van der Waals surface area contributed by atoms with Crippen LogP contribution < -0.4 is 18.9 Å². The smallest absolute Gasteiger partial charge is 1.00 e. The summed E-state index contributed by atoms with van der Waals surface area (Å²) in [6.07, 6.45) is 0. The monoisotopic (exact) mass is 371 g/mol. The van der Waals surface area contributed by atoms with Gasteiger partial charge in [-0.05, 0) is 0 Å². The molecule has 6 heavy (non-hydrogen) atoms. The molecule has 0 N–H and O–H groups in total. The zero-order chi connectivity index (χ0) is 0. The van der Waals surface area contributed by atoms with Crippen LogP contribution >= 0.6 is 0 Å². The first-order valence-corrected chi connectivity index (χ1v) is 0. The molecular formula is HCoLiMnMoNbNi. The summed E-state index contributed by atoms with van der Waals surface area (Å²) >= 11 is 0. The summed E-state index contributed by atoms with van der Waals surface area (Å²) in [6, 6.07) is 0. The molecule has 0 amide bonds. The molecular weight excluding hydrogens is 368 g/mol. The number of hydrogen-bond donors (Lipinski definition) is 0. The molecule has 0 aromatic carbocycles. The van der Waals surface area contributed by atoms with Crippen LogP contribution in [0.4, 0.5) is 0 Å². The van der Waals surface area contributed by atoms with Crippen LogP contribution in [0.2, 0.25) is 0 Å². The summed E-state index contributed by atoms with van der Waals surface area (Å²) < 4.78 is 0. The second-order valence-corrected chi connectivity index (χ2v) is 0. The molecule has 0 aliphatic carbocycles. The standard InChI is InChI=1S/Co.Li.Mn.Mo.Nb.Ni.H/q;+1;;;;;-1. The van der Waals surface area contributed by atoms with E-state index in [9.17, 15) is 0 Å². The Kier molecular flexibility index (Phi) is 358. The Hall–Kier alpha value is 3.55. The van der Waals surface area contributed by atoms with Gasteiger partial charge in [-0.2, -0.15) is 0 Å². The third kappa shape index (κ3) is 25.7. The van der Waals surface area contributed by atoms with Gasteiger partial charge in [0.15, 0.2) is 0 Å². The van der Waals surface area contributed by atoms with Crippen LogP contribution in [0.1, 0.15) is 1.43 Å². The fourth-order valence-corrected chi connectivity index (χ4v) is 0. The van der Waals surface area contributed by atoms with Crippen molar-refractivity contribution in [2.24, 2.45) is 0 Å². The molecule has 0 spiro atoms. The van der Waals surface area contributed by atoms with Crippen molar-refractivity contribution < 1.29 is 114 Å². The van der Waals surface area contributed by atoms with Gasteiger partial charge in [0.2, 0.25) is 0 Å². The first kappa shape index (κ1) is 55.5. The van der Waals surface area contributed by atoms with Crippen LogP contribution in [0.3, 0.4) is 0 Å². The van der Waals surface area contributed by atoms with Crippen molar-refractivity contribution in [1.82, 2.24) is 0 Å². The van der Waals surface area contributed by atoms with E-state index in [4.69, 9.17) is 0 Å². The van der Waals surface area contributed by atoms with Crippen LogP contribution in [0.25, 0.3) is 0 Å². The van der Waals surface area contributed by atoms with E-state index in [2.05, 4.69) is 0 Å². The van der Waals surface area contributed by atoms with Gasteiger partial charge in [-0.3, -0.25) is 0 Å². The van der Waals surface area contributed by atoms with E-state index in [1.165, 1.54) is 0 Å². The van der Waals surface area contributed by atoms with Gasteiger partial charge >= 0.3 is 18.9 Å². The van der Waals surface area contributed by atoms with Crippen LogP contribution in [-0.2, 0) is 93.8 Å². The maximum Gasteiger partial charge on any atom is 1.00 e. The Balaban J connectivity index is 0. The minimum absolute atomic E-state index is 0. The molecule has 0 saturated carbocycles.